The summed E-state index contributed by atoms with van der Waals surface area (Å²) >= 11 is 5.65. The third kappa shape index (κ3) is 2.03. The van der Waals surface area contributed by atoms with Crippen molar-refractivity contribution < 1.29 is 22.0 Å². The molecule has 0 amide bonds. The lowest BCUT2D eigenvalue weighted by Crippen LogP contribution is -2.13. The van der Waals surface area contributed by atoms with E-state index < -0.39 is 40.2 Å². The number of halogens is 6. The number of benzene rings is 1. The average molecular weight is 299 g/mol. The third-order valence-corrected chi connectivity index (χ3v) is 2.44. The van der Waals surface area contributed by atoms with Gasteiger partial charge in [-0.15, -0.1) is 16.7 Å². The molecule has 0 N–H and O–H groups in total. The van der Waals surface area contributed by atoms with Crippen molar-refractivity contribution in [3.8, 4) is 5.69 Å². The molecule has 10 heteroatoms. The lowest BCUT2D eigenvalue weighted by Gasteiger charge is -2.09. The standard InChI is InChI=1S/C9H4ClF5N4/c1-2(10)9-16-17-18-19(9)8-6(14)4(12)3(11)5(13)7(8)15/h2H,1H3. The van der Waals surface area contributed by atoms with Gasteiger partial charge in [0.25, 0.3) is 0 Å². The number of tetrazole rings is 1. The van der Waals surface area contributed by atoms with E-state index >= 15 is 0 Å². The minimum Gasteiger partial charge on any atom is -0.201 e. The molecule has 0 saturated heterocycles. The Morgan fingerprint density at radius 3 is 1.89 bits per heavy atom. The Balaban J connectivity index is 2.80. The van der Waals surface area contributed by atoms with E-state index in [-0.39, 0.29) is 5.82 Å². The summed E-state index contributed by atoms with van der Waals surface area (Å²) in [5.41, 5.74) is -1.27. The summed E-state index contributed by atoms with van der Waals surface area (Å²) in [6, 6.07) is 0. The first-order valence-electron chi connectivity index (χ1n) is 4.80. The maximum Gasteiger partial charge on any atom is 0.200 e. The van der Waals surface area contributed by atoms with Crippen molar-refractivity contribution in [3.05, 3.63) is 34.9 Å². The summed E-state index contributed by atoms with van der Waals surface area (Å²) in [5.74, 6) is -10.8. The Kier molecular flexibility index (Phi) is 3.40. The van der Waals surface area contributed by atoms with Gasteiger partial charge < -0.3 is 0 Å². The monoisotopic (exact) mass is 298 g/mol. The fourth-order valence-electron chi connectivity index (χ4n) is 1.38. The lowest BCUT2D eigenvalue weighted by atomic mass is 10.2. The number of nitrogens with zero attached hydrogens (tertiary/aromatic N) is 4. The maximum atomic E-state index is 13.5. The zero-order valence-electron chi connectivity index (χ0n) is 9.13. The largest absolute Gasteiger partial charge is 0.201 e. The fraction of sp³-hybridized carbons (Fsp3) is 0.222. The van der Waals surface area contributed by atoms with E-state index in [1.807, 2.05) is 0 Å². The first-order valence-corrected chi connectivity index (χ1v) is 5.24. The van der Waals surface area contributed by atoms with E-state index in [0.29, 0.717) is 4.68 Å². The Labute approximate surface area is 107 Å². The van der Waals surface area contributed by atoms with Crippen LogP contribution in [0.25, 0.3) is 5.69 Å². The van der Waals surface area contributed by atoms with Gasteiger partial charge in [-0.25, -0.2) is 22.0 Å². The molecule has 1 aromatic heterocycles. The Morgan fingerprint density at radius 2 is 1.42 bits per heavy atom. The molecule has 102 valence electrons. The van der Waals surface area contributed by atoms with Crippen LogP contribution in [0.2, 0.25) is 0 Å². The van der Waals surface area contributed by atoms with Crippen LogP contribution in [0, 0.1) is 29.1 Å². The molecule has 1 heterocycles. The highest BCUT2D eigenvalue weighted by Crippen LogP contribution is 2.28. The highest BCUT2D eigenvalue weighted by molar-refractivity contribution is 6.20. The molecule has 0 radical (unpaired) electrons. The Bertz CT molecular complexity index is 613. The molecular weight excluding hydrogens is 295 g/mol. The second-order valence-electron chi connectivity index (χ2n) is 3.48. The number of hydrogen-bond acceptors (Lipinski definition) is 3. The molecule has 1 aromatic carbocycles. The first kappa shape index (κ1) is 13.7. The molecule has 0 aliphatic heterocycles. The lowest BCUT2D eigenvalue weighted by molar-refractivity contribution is 0.372. The van der Waals surface area contributed by atoms with Gasteiger partial charge >= 0.3 is 0 Å². The summed E-state index contributed by atoms with van der Waals surface area (Å²) in [5, 5.41) is 8.72. The van der Waals surface area contributed by atoms with Gasteiger partial charge in [-0.2, -0.15) is 4.68 Å². The van der Waals surface area contributed by atoms with E-state index in [4.69, 9.17) is 11.6 Å². The van der Waals surface area contributed by atoms with Gasteiger partial charge in [-0.05, 0) is 17.4 Å². The average Bonchev–Trinajstić information content (AvgIpc) is 2.83. The second-order valence-corrected chi connectivity index (χ2v) is 4.14. The number of hydrogen-bond donors (Lipinski definition) is 0. The molecule has 0 saturated carbocycles. The topological polar surface area (TPSA) is 43.6 Å². The molecular formula is C9H4ClF5N4. The van der Waals surface area contributed by atoms with E-state index in [9.17, 15) is 22.0 Å². The van der Waals surface area contributed by atoms with Crippen LogP contribution in [-0.2, 0) is 0 Å². The molecule has 4 nitrogen and oxygen atoms in total. The van der Waals surface area contributed by atoms with E-state index in [1.54, 1.807) is 0 Å². The number of rotatable bonds is 2. The van der Waals surface area contributed by atoms with Crippen LogP contribution < -0.4 is 0 Å². The zero-order valence-corrected chi connectivity index (χ0v) is 9.89. The van der Waals surface area contributed by atoms with Crippen LogP contribution in [0.1, 0.15) is 18.1 Å². The molecule has 2 rings (SSSR count). The maximum absolute atomic E-state index is 13.5. The molecule has 1 atom stereocenters. The summed E-state index contributed by atoms with van der Waals surface area (Å²) in [6.07, 6.45) is 0. The Morgan fingerprint density at radius 1 is 0.947 bits per heavy atom. The smallest absolute Gasteiger partial charge is 0.200 e. The summed E-state index contributed by atoms with van der Waals surface area (Å²) in [4.78, 5) is 0. The van der Waals surface area contributed by atoms with Gasteiger partial charge in [0, 0.05) is 0 Å². The van der Waals surface area contributed by atoms with Crippen LogP contribution in [0.5, 0.6) is 0 Å². The van der Waals surface area contributed by atoms with Gasteiger partial charge in [0.2, 0.25) is 5.82 Å². The van der Waals surface area contributed by atoms with Crippen LogP contribution in [0.3, 0.4) is 0 Å². The van der Waals surface area contributed by atoms with E-state index in [1.165, 1.54) is 6.92 Å². The molecule has 1 unspecified atom stereocenters. The predicted molar refractivity (Wildman–Crippen MR) is 53.2 cm³/mol. The van der Waals surface area contributed by atoms with Crippen LogP contribution >= 0.6 is 11.6 Å². The van der Waals surface area contributed by atoms with Gasteiger partial charge in [0.15, 0.2) is 29.1 Å². The minimum absolute atomic E-state index is 0.259. The summed E-state index contributed by atoms with van der Waals surface area (Å²) < 4.78 is 66.4. The van der Waals surface area contributed by atoms with Crippen LogP contribution in [0.4, 0.5) is 22.0 Å². The van der Waals surface area contributed by atoms with Gasteiger partial charge in [0.05, 0.1) is 5.38 Å². The molecule has 0 bridgehead atoms. The third-order valence-electron chi connectivity index (χ3n) is 2.25. The summed E-state index contributed by atoms with van der Waals surface area (Å²) in [7, 11) is 0. The van der Waals surface area contributed by atoms with Gasteiger partial charge in [0.1, 0.15) is 5.69 Å². The predicted octanol–water partition coefficient (Wildman–Crippen LogP) is 2.66. The van der Waals surface area contributed by atoms with E-state index in [2.05, 4.69) is 15.5 Å². The number of alkyl halides is 1. The van der Waals surface area contributed by atoms with Crippen LogP contribution in [-0.4, -0.2) is 20.2 Å². The molecule has 0 fully saturated rings. The first-order chi connectivity index (χ1) is 8.86. The fourth-order valence-corrected chi connectivity index (χ4v) is 1.52. The zero-order chi connectivity index (χ0) is 14.3. The van der Waals surface area contributed by atoms with Gasteiger partial charge in [-0.3, -0.25) is 0 Å². The van der Waals surface area contributed by atoms with Crippen molar-refractivity contribution in [2.75, 3.05) is 0 Å². The summed E-state index contributed by atoms with van der Waals surface area (Å²) in [6.45, 7) is 1.37. The normalized spacial score (nSPS) is 12.8. The number of aromatic nitrogens is 4. The van der Waals surface area contributed by atoms with Gasteiger partial charge in [-0.1, -0.05) is 0 Å². The van der Waals surface area contributed by atoms with Crippen molar-refractivity contribution in [2.45, 2.75) is 12.3 Å². The molecule has 2 aromatic rings. The second kappa shape index (κ2) is 4.72. The minimum atomic E-state index is -2.26. The molecule has 0 aliphatic carbocycles. The SMILES string of the molecule is CC(Cl)c1nnnn1-c1c(F)c(F)c(F)c(F)c1F. The van der Waals surface area contributed by atoms with Crippen molar-refractivity contribution in [1.82, 2.24) is 20.2 Å². The van der Waals surface area contributed by atoms with Crippen molar-refractivity contribution >= 4 is 11.6 Å². The Hall–Kier alpha value is -1.77. The van der Waals surface area contributed by atoms with Crippen molar-refractivity contribution in [3.63, 3.8) is 0 Å². The molecule has 0 spiro atoms. The van der Waals surface area contributed by atoms with Crippen molar-refractivity contribution in [1.29, 1.82) is 0 Å². The van der Waals surface area contributed by atoms with Crippen molar-refractivity contribution in [2.24, 2.45) is 0 Å². The highest BCUT2D eigenvalue weighted by Gasteiger charge is 2.29. The highest BCUT2D eigenvalue weighted by atomic mass is 35.5. The van der Waals surface area contributed by atoms with E-state index in [0.717, 1.165) is 0 Å². The molecule has 0 aliphatic rings. The van der Waals surface area contributed by atoms with Crippen LogP contribution in [0.15, 0.2) is 0 Å². The molecule has 19 heavy (non-hydrogen) atoms. The quantitative estimate of drug-likeness (QED) is 0.370.